The number of anilines is 1. The molecule has 5 heteroatoms. The van der Waals surface area contributed by atoms with Crippen LogP contribution in [-0.2, 0) is 0 Å². The topological polar surface area (TPSA) is 49.2 Å². The van der Waals surface area contributed by atoms with Crippen LogP contribution in [0.4, 0.5) is 5.82 Å². The smallest absolute Gasteiger partial charge is 0.141 e. The van der Waals surface area contributed by atoms with Gasteiger partial charge in [0, 0.05) is 24.0 Å². The fraction of sp³-hybridized carbons (Fsp3) is 0.333. The predicted molar refractivity (Wildman–Crippen MR) is 95.0 cm³/mol. The normalized spacial score (nSPS) is 18.5. The number of piperidine rings is 1. The van der Waals surface area contributed by atoms with Crippen molar-refractivity contribution in [2.24, 2.45) is 0 Å². The van der Waals surface area contributed by atoms with Crippen molar-refractivity contribution in [3.8, 4) is 11.1 Å². The molecular weight excluding hydrogens is 306 g/mol. The third kappa shape index (κ3) is 2.71. The van der Waals surface area contributed by atoms with E-state index in [2.05, 4.69) is 39.5 Å². The number of aryl methyl sites for hydroxylation is 1. The van der Waals surface area contributed by atoms with Gasteiger partial charge in [-0.15, -0.1) is 11.3 Å². The van der Waals surface area contributed by atoms with E-state index < -0.39 is 0 Å². The van der Waals surface area contributed by atoms with Crippen LogP contribution in [0.5, 0.6) is 0 Å². The monoisotopic (exact) mass is 325 g/mol. The first kappa shape index (κ1) is 14.6. The number of aliphatic hydroxyl groups is 1. The van der Waals surface area contributed by atoms with Crippen LogP contribution in [0.25, 0.3) is 21.3 Å². The molecule has 3 aromatic rings. The number of aliphatic hydroxyl groups excluding tert-OH is 1. The maximum Gasteiger partial charge on any atom is 0.141 e. The van der Waals surface area contributed by atoms with Crippen molar-refractivity contribution in [3.05, 3.63) is 41.5 Å². The number of rotatable bonds is 2. The predicted octanol–water partition coefficient (Wildman–Crippen LogP) is 3.63. The van der Waals surface area contributed by atoms with Crippen LogP contribution in [0.2, 0.25) is 0 Å². The molecule has 1 aliphatic rings. The van der Waals surface area contributed by atoms with Gasteiger partial charge >= 0.3 is 0 Å². The van der Waals surface area contributed by atoms with Gasteiger partial charge in [-0.3, -0.25) is 0 Å². The summed E-state index contributed by atoms with van der Waals surface area (Å²) in [6, 6.07) is 10.4. The van der Waals surface area contributed by atoms with Gasteiger partial charge in [-0.2, -0.15) is 0 Å². The summed E-state index contributed by atoms with van der Waals surface area (Å²) in [6.45, 7) is 3.52. The average molecular weight is 325 g/mol. The lowest BCUT2D eigenvalue weighted by Gasteiger charge is -2.31. The van der Waals surface area contributed by atoms with E-state index in [-0.39, 0.29) is 6.10 Å². The summed E-state index contributed by atoms with van der Waals surface area (Å²) in [7, 11) is 0. The molecule has 3 heterocycles. The average Bonchev–Trinajstić information content (AvgIpc) is 2.98. The molecule has 0 saturated carbocycles. The first-order valence-electron chi connectivity index (χ1n) is 7.96. The number of fused-ring (bicyclic) bond motifs is 1. The van der Waals surface area contributed by atoms with Gasteiger partial charge in [0.1, 0.15) is 16.5 Å². The van der Waals surface area contributed by atoms with E-state index in [0.717, 1.165) is 41.2 Å². The maximum atomic E-state index is 10.0. The Morgan fingerprint density at radius 2 is 2.04 bits per heavy atom. The van der Waals surface area contributed by atoms with Gasteiger partial charge in [-0.1, -0.05) is 30.3 Å². The molecule has 1 N–H and O–H groups in total. The molecule has 2 aromatic heterocycles. The van der Waals surface area contributed by atoms with Crippen molar-refractivity contribution in [2.45, 2.75) is 25.9 Å². The minimum Gasteiger partial charge on any atom is -0.391 e. The highest BCUT2D eigenvalue weighted by Crippen LogP contribution is 2.38. The van der Waals surface area contributed by atoms with Crippen molar-refractivity contribution in [1.82, 2.24) is 9.97 Å². The molecule has 118 valence electrons. The summed E-state index contributed by atoms with van der Waals surface area (Å²) in [6.07, 6.45) is 1.60. The first-order valence-corrected chi connectivity index (χ1v) is 8.84. The minimum atomic E-state index is -0.270. The number of thiophene rings is 1. The molecule has 0 radical (unpaired) electrons. The van der Waals surface area contributed by atoms with Crippen molar-refractivity contribution < 1.29 is 5.11 Å². The van der Waals surface area contributed by atoms with E-state index in [9.17, 15) is 5.11 Å². The zero-order valence-corrected chi connectivity index (χ0v) is 13.9. The molecule has 1 aromatic carbocycles. The van der Waals surface area contributed by atoms with Crippen LogP contribution in [0, 0.1) is 6.92 Å². The van der Waals surface area contributed by atoms with E-state index in [1.807, 2.05) is 13.0 Å². The minimum absolute atomic E-state index is 0.270. The van der Waals surface area contributed by atoms with Crippen LogP contribution in [0.3, 0.4) is 0 Å². The lowest BCUT2D eigenvalue weighted by atomic mass is 10.0. The molecule has 1 saturated heterocycles. The second kappa shape index (κ2) is 5.91. The molecule has 23 heavy (non-hydrogen) atoms. The Morgan fingerprint density at radius 1 is 1.22 bits per heavy atom. The van der Waals surface area contributed by atoms with Crippen LogP contribution in [0.15, 0.2) is 35.7 Å². The molecule has 1 aliphatic heterocycles. The van der Waals surface area contributed by atoms with Crippen molar-refractivity contribution in [3.63, 3.8) is 0 Å². The Morgan fingerprint density at radius 3 is 2.83 bits per heavy atom. The molecule has 0 bridgehead atoms. The van der Waals surface area contributed by atoms with Crippen LogP contribution >= 0.6 is 11.3 Å². The quantitative estimate of drug-likeness (QED) is 0.782. The van der Waals surface area contributed by atoms with Gasteiger partial charge in [-0.25, -0.2) is 9.97 Å². The molecule has 1 fully saturated rings. The summed E-state index contributed by atoms with van der Waals surface area (Å²) in [5.41, 5.74) is 2.37. The van der Waals surface area contributed by atoms with Crippen molar-refractivity contribution in [1.29, 1.82) is 0 Å². The zero-order chi connectivity index (χ0) is 15.8. The second-order valence-electron chi connectivity index (χ2n) is 6.03. The number of hydrogen-bond donors (Lipinski definition) is 1. The first-order chi connectivity index (χ1) is 11.2. The molecule has 1 atom stereocenters. The van der Waals surface area contributed by atoms with Crippen LogP contribution in [0.1, 0.15) is 18.7 Å². The van der Waals surface area contributed by atoms with Crippen molar-refractivity contribution >= 4 is 27.4 Å². The SMILES string of the molecule is Cc1nc(N2CCC[C@@H](O)C2)c2c(-c3ccccc3)csc2n1. The Bertz CT molecular complexity index is 831. The third-order valence-electron chi connectivity index (χ3n) is 4.31. The highest BCUT2D eigenvalue weighted by molar-refractivity contribution is 7.17. The summed E-state index contributed by atoms with van der Waals surface area (Å²) in [4.78, 5) is 12.6. The summed E-state index contributed by atoms with van der Waals surface area (Å²) in [5.74, 6) is 1.75. The molecule has 4 rings (SSSR count). The molecule has 0 aliphatic carbocycles. The number of β-amino-alcohol motifs (C(OH)–C–C–N with tert-alkyl or cyclic N) is 1. The summed E-state index contributed by atoms with van der Waals surface area (Å²) in [5, 5.41) is 13.3. The van der Waals surface area contributed by atoms with E-state index in [1.54, 1.807) is 11.3 Å². The largest absolute Gasteiger partial charge is 0.391 e. The van der Waals surface area contributed by atoms with E-state index >= 15 is 0 Å². The fourth-order valence-electron chi connectivity index (χ4n) is 3.23. The Hall–Kier alpha value is -1.98. The van der Waals surface area contributed by atoms with Crippen molar-refractivity contribution in [2.75, 3.05) is 18.0 Å². The lowest BCUT2D eigenvalue weighted by Crippen LogP contribution is -2.39. The molecule has 0 unspecified atom stereocenters. The lowest BCUT2D eigenvalue weighted by molar-refractivity contribution is 0.154. The van der Waals surface area contributed by atoms with Gasteiger partial charge < -0.3 is 10.0 Å². The van der Waals surface area contributed by atoms with Gasteiger partial charge in [0.15, 0.2) is 0 Å². The van der Waals surface area contributed by atoms with Crippen LogP contribution < -0.4 is 4.90 Å². The highest BCUT2D eigenvalue weighted by atomic mass is 32.1. The maximum absolute atomic E-state index is 10.0. The number of aromatic nitrogens is 2. The Kier molecular flexibility index (Phi) is 3.75. The summed E-state index contributed by atoms with van der Waals surface area (Å²) >= 11 is 1.66. The molecule has 0 spiro atoms. The molecule has 4 nitrogen and oxygen atoms in total. The number of benzene rings is 1. The Labute approximate surface area is 139 Å². The molecule has 0 amide bonds. The number of hydrogen-bond acceptors (Lipinski definition) is 5. The van der Waals surface area contributed by atoms with E-state index in [1.165, 1.54) is 11.1 Å². The van der Waals surface area contributed by atoms with Gasteiger partial charge in [0.25, 0.3) is 0 Å². The summed E-state index contributed by atoms with van der Waals surface area (Å²) < 4.78 is 0. The van der Waals surface area contributed by atoms with E-state index in [4.69, 9.17) is 4.98 Å². The van der Waals surface area contributed by atoms with Gasteiger partial charge in [-0.05, 0) is 25.3 Å². The number of nitrogens with zero attached hydrogens (tertiary/aromatic N) is 3. The highest BCUT2D eigenvalue weighted by Gasteiger charge is 2.23. The van der Waals surface area contributed by atoms with Gasteiger partial charge in [0.05, 0.1) is 11.5 Å². The van der Waals surface area contributed by atoms with Gasteiger partial charge in [0.2, 0.25) is 0 Å². The zero-order valence-electron chi connectivity index (χ0n) is 13.1. The Balaban J connectivity index is 1.90. The molecular formula is C18H19N3OS. The van der Waals surface area contributed by atoms with Crippen LogP contribution in [-0.4, -0.2) is 34.3 Å². The van der Waals surface area contributed by atoms with E-state index in [0.29, 0.717) is 6.54 Å². The third-order valence-corrected chi connectivity index (χ3v) is 5.18. The fourth-order valence-corrected chi connectivity index (χ4v) is 4.22. The standard InChI is InChI=1S/C18H19N3OS/c1-12-19-17(21-9-5-8-14(22)10-21)16-15(11-23-18(16)20-12)13-6-3-2-4-7-13/h2-4,6-7,11,14,22H,5,8-10H2,1H3/t14-/m1/s1. The second-order valence-corrected chi connectivity index (χ2v) is 6.89.